The molecule has 0 aliphatic heterocycles. The summed E-state index contributed by atoms with van der Waals surface area (Å²) in [5.41, 5.74) is 1.19. The molecule has 3 aromatic rings. The molecule has 0 amide bonds. The molecule has 0 fully saturated rings. The minimum Gasteiger partial charge on any atom is -0.493 e. The van der Waals surface area contributed by atoms with Crippen molar-refractivity contribution in [3.05, 3.63) is 54.1 Å². The van der Waals surface area contributed by atoms with Gasteiger partial charge in [0.05, 0.1) is 18.2 Å². The zero-order chi connectivity index (χ0) is 19.9. The van der Waals surface area contributed by atoms with Crippen molar-refractivity contribution in [3.63, 3.8) is 0 Å². The average molecular weight is 403 g/mol. The van der Waals surface area contributed by atoms with E-state index in [4.69, 9.17) is 15.8 Å². The standard InChI is InChI=1S/C18H15F2N5O2S/c19-17(20)27-15-7-3-13(4-8-15)16-23-24-18(25(16)22)28-10-9-26-14-5-1-12(11-21)2-6-14/h1-8,17H,9-10,22H2. The van der Waals surface area contributed by atoms with Crippen LogP contribution in [0.4, 0.5) is 8.78 Å². The number of nitrogen functional groups attached to an aromatic ring is 1. The van der Waals surface area contributed by atoms with E-state index >= 15 is 0 Å². The maximum absolute atomic E-state index is 12.2. The van der Waals surface area contributed by atoms with Gasteiger partial charge in [0, 0.05) is 11.3 Å². The topological polar surface area (TPSA) is 99.0 Å². The highest BCUT2D eigenvalue weighted by atomic mass is 32.2. The summed E-state index contributed by atoms with van der Waals surface area (Å²) in [4.78, 5) is 0. The van der Waals surface area contributed by atoms with Crippen LogP contribution in [0.2, 0.25) is 0 Å². The first-order chi connectivity index (χ1) is 13.6. The highest BCUT2D eigenvalue weighted by Crippen LogP contribution is 2.24. The fourth-order valence-corrected chi connectivity index (χ4v) is 2.95. The van der Waals surface area contributed by atoms with Gasteiger partial charge in [0.15, 0.2) is 5.82 Å². The van der Waals surface area contributed by atoms with Gasteiger partial charge in [-0.15, -0.1) is 10.2 Å². The van der Waals surface area contributed by atoms with Crippen LogP contribution in [0.15, 0.2) is 53.7 Å². The van der Waals surface area contributed by atoms with Gasteiger partial charge in [-0.05, 0) is 48.5 Å². The van der Waals surface area contributed by atoms with Crippen molar-refractivity contribution in [2.45, 2.75) is 11.8 Å². The van der Waals surface area contributed by atoms with Gasteiger partial charge in [0.1, 0.15) is 11.5 Å². The minimum absolute atomic E-state index is 0.0522. The lowest BCUT2D eigenvalue weighted by atomic mass is 10.2. The number of hydrogen-bond donors (Lipinski definition) is 1. The summed E-state index contributed by atoms with van der Waals surface area (Å²) in [6, 6.07) is 14.8. The van der Waals surface area contributed by atoms with E-state index in [1.807, 2.05) is 6.07 Å². The Morgan fingerprint density at radius 2 is 1.75 bits per heavy atom. The quantitative estimate of drug-likeness (QED) is 0.350. The van der Waals surface area contributed by atoms with Crippen LogP contribution in [0.3, 0.4) is 0 Å². The number of halogens is 2. The van der Waals surface area contributed by atoms with Gasteiger partial charge in [0.2, 0.25) is 5.16 Å². The van der Waals surface area contributed by atoms with Crippen LogP contribution in [0.1, 0.15) is 5.56 Å². The third kappa shape index (κ3) is 4.89. The number of rotatable bonds is 8. The molecular weight excluding hydrogens is 388 g/mol. The summed E-state index contributed by atoms with van der Waals surface area (Å²) in [7, 11) is 0. The van der Waals surface area contributed by atoms with E-state index in [0.717, 1.165) is 0 Å². The van der Waals surface area contributed by atoms with Crippen molar-refractivity contribution in [2.75, 3.05) is 18.2 Å². The molecule has 1 heterocycles. The van der Waals surface area contributed by atoms with Crippen molar-refractivity contribution >= 4 is 11.8 Å². The molecular formula is C18H15F2N5O2S. The number of nitriles is 1. The van der Waals surface area contributed by atoms with Gasteiger partial charge in [-0.1, -0.05) is 11.8 Å². The molecule has 0 aliphatic rings. The Morgan fingerprint density at radius 1 is 1.07 bits per heavy atom. The fourth-order valence-electron chi connectivity index (χ4n) is 2.28. The second-order valence-corrected chi connectivity index (χ2v) is 6.47. The Balaban J connectivity index is 1.54. The van der Waals surface area contributed by atoms with E-state index in [1.54, 1.807) is 36.4 Å². The van der Waals surface area contributed by atoms with Crippen LogP contribution < -0.4 is 15.3 Å². The van der Waals surface area contributed by atoms with E-state index in [0.29, 0.717) is 40.2 Å². The molecule has 0 saturated carbocycles. The molecule has 3 rings (SSSR count). The number of ether oxygens (including phenoxy) is 2. The number of hydrogen-bond acceptors (Lipinski definition) is 7. The molecule has 0 radical (unpaired) electrons. The summed E-state index contributed by atoms with van der Waals surface area (Å²) < 4.78 is 35.7. The van der Waals surface area contributed by atoms with Gasteiger partial charge in [-0.3, -0.25) is 0 Å². The SMILES string of the molecule is N#Cc1ccc(OCCSc2nnc(-c3ccc(OC(F)F)cc3)n2N)cc1. The number of nitrogens with zero attached hydrogens (tertiary/aromatic N) is 4. The van der Waals surface area contributed by atoms with Gasteiger partial charge in [0.25, 0.3) is 0 Å². The molecule has 28 heavy (non-hydrogen) atoms. The second kappa shape index (κ2) is 9.05. The maximum atomic E-state index is 12.2. The predicted octanol–water partition coefficient (Wildman–Crippen LogP) is 3.30. The Labute approximate surface area is 163 Å². The van der Waals surface area contributed by atoms with E-state index in [1.165, 1.54) is 28.6 Å². The van der Waals surface area contributed by atoms with Crippen molar-refractivity contribution in [2.24, 2.45) is 0 Å². The minimum atomic E-state index is -2.88. The average Bonchev–Trinajstić information content (AvgIpc) is 3.06. The molecule has 0 atom stereocenters. The number of thioether (sulfide) groups is 1. The lowest BCUT2D eigenvalue weighted by Gasteiger charge is -2.07. The van der Waals surface area contributed by atoms with E-state index < -0.39 is 6.61 Å². The monoisotopic (exact) mass is 403 g/mol. The highest BCUT2D eigenvalue weighted by Gasteiger charge is 2.13. The number of aromatic nitrogens is 3. The molecule has 2 aromatic carbocycles. The Kier molecular flexibility index (Phi) is 6.29. The zero-order valence-electron chi connectivity index (χ0n) is 14.5. The number of nitrogens with two attached hydrogens (primary N) is 1. The fraction of sp³-hybridized carbons (Fsp3) is 0.167. The predicted molar refractivity (Wildman–Crippen MR) is 99.6 cm³/mol. The lowest BCUT2D eigenvalue weighted by Crippen LogP contribution is -2.12. The normalized spacial score (nSPS) is 10.6. The summed E-state index contributed by atoms with van der Waals surface area (Å²) >= 11 is 1.36. The largest absolute Gasteiger partial charge is 0.493 e. The lowest BCUT2D eigenvalue weighted by molar-refractivity contribution is -0.0498. The molecule has 0 saturated heterocycles. The Hall–Kier alpha value is -3.32. The van der Waals surface area contributed by atoms with Crippen LogP contribution in [0, 0.1) is 11.3 Å². The third-order valence-electron chi connectivity index (χ3n) is 3.57. The molecule has 7 nitrogen and oxygen atoms in total. The number of benzene rings is 2. The first kappa shape index (κ1) is 19.4. The smallest absolute Gasteiger partial charge is 0.387 e. The van der Waals surface area contributed by atoms with Crippen LogP contribution >= 0.6 is 11.8 Å². The van der Waals surface area contributed by atoms with Crippen LogP contribution in [0.25, 0.3) is 11.4 Å². The zero-order valence-corrected chi connectivity index (χ0v) is 15.3. The highest BCUT2D eigenvalue weighted by molar-refractivity contribution is 7.99. The Morgan fingerprint density at radius 3 is 2.39 bits per heavy atom. The first-order valence-corrected chi connectivity index (χ1v) is 9.07. The maximum Gasteiger partial charge on any atom is 0.387 e. The van der Waals surface area contributed by atoms with Gasteiger partial charge < -0.3 is 15.3 Å². The molecule has 10 heteroatoms. The van der Waals surface area contributed by atoms with E-state index in [9.17, 15) is 8.78 Å². The van der Waals surface area contributed by atoms with Gasteiger partial charge in [-0.2, -0.15) is 14.0 Å². The first-order valence-electron chi connectivity index (χ1n) is 8.08. The molecule has 2 N–H and O–H groups in total. The Bertz CT molecular complexity index is 956. The molecule has 0 aliphatic carbocycles. The summed E-state index contributed by atoms with van der Waals surface area (Å²) in [5.74, 6) is 7.73. The van der Waals surface area contributed by atoms with Crippen molar-refractivity contribution < 1.29 is 18.3 Å². The number of alkyl halides is 2. The second-order valence-electron chi connectivity index (χ2n) is 5.41. The molecule has 0 bridgehead atoms. The van der Waals surface area contributed by atoms with Gasteiger partial charge >= 0.3 is 6.61 Å². The van der Waals surface area contributed by atoms with E-state index in [-0.39, 0.29) is 5.75 Å². The summed E-state index contributed by atoms with van der Waals surface area (Å²) in [6.45, 7) is -2.46. The van der Waals surface area contributed by atoms with E-state index in [2.05, 4.69) is 14.9 Å². The van der Waals surface area contributed by atoms with Crippen LogP contribution in [0.5, 0.6) is 11.5 Å². The van der Waals surface area contributed by atoms with Crippen molar-refractivity contribution in [3.8, 4) is 29.0 Å². The van der Waals surface area contributed by atoms with Crippen LogP contribution in [-0.4, -0.2) is 33.8 Å². The third-order valence-corrected chi connectivity index (χ3v) is 4.48. The van der Waals surface area contributed by atoms with Crippen molar-refractivity contribution in [1.82, 2.24) is 14.9 Å². The van der Waals surface area contributed by atoms with Crippen LogP contribution in [-0.2, 0) is 0 Å². The summed E-state index contributed by atoms with van der Waals surface area (Å²) in [5, 5.41) is 17.3. The molecule has 144 valence electrons. The van der Waals surface area contributed by atoms with Gasteiger partial charge in [-0.25, -0.2) is 4.68 Å². The summed E-state index contributed by atoms with van der Waals surface area (Å²) in [6.07, 6.45) is 0. The van der Waals surface area contributed by atoms with Crippen molar-refractivity contribution in [1.29, 1.82) is 5.26 Å². The molecule has 1 aromatic heterocycles. The molecule has 0 spiro atoms. The molecule has 0 unspecified atom stereocenters.